The van der Waals surface area contributed by atoms with Gasteiger partial charge < -0.3 is 14.7 Å². The molecule has 1 aliphatic rings. The summed E-state index contributed by atoms with van der Waals surface area (Å²) in [5.41, 5.74) is 0.618. The zero-order valence-electron chi connectivity index (χ0n) is 10.0. The van der Waals surface area contributed by atoms with Crippen LogP contribution in [0, 0.1) is 5.92 Å². The molecule has 0 unspecified atom stereocenters. The number of anilines is 1. The van der Waals surface area contributed by atoms with E-state index >= 15 is 0 Å². The second kappa shape index (κ2) is 5.50. The lowest BCUT2D eigenvalue weighted by Gasteiger charge is -2.17. The van der Waals surface area contributed by atoms with Crippen molar-refractivity contribution in [3.63, 3.8) is 0 Å². The highest BCUT2D eigenvalue weighted by Gasteiger charge is 2.36. The summed E-state index contributed by atoms with van der Waals surface area (Å²) in [4.78, 5) is 24.9. The van der Waals surface area contributed by atoms with E-state index < -0.39 is 5.92 Å². The third-order valence-corrected chi connectivity index (χ3v) is 4.18. The maximum Gasteiger partial charge on any atom is 0.311 e. The first kappa shape index (κ1) is 14.3. The number of hydrogen-bond donors (Lipinski definition) is 1. The molecule has 1 atom stereocenters. The molecule has 0 saturated carbocycles. The molecule has 1 aromatic carbocycles. The number of halogens is 2. The molecular weight excluding hydrogens is 382 g/mol. The molecule has 1 N–H and O–H groups in total. The van der Waals surface area contributed by atoms with Crippen LogP contribution in [-0.4, -0.2) is 30.6 Å². The van der Waals surface area contributed by atoms with Gasteiger partial charge in [-0.25, -0.2) is 0 Å². The van der Waals surface area contributed by atoms with Crippen LogP contribution in [0.4, 0.5) is 5.69 Å². The van der Waals surface area contributed by atoms with Gasteiger partial charge in [0.1, 0.15) is 5.75 Å². The molecule has 1 amide bonds. The molecule has 5 nitrogen and oxygen atoms in total. The summed E-state index contributed by atoms with van der Waals surface area (Å²) in [7, 11) is 1.31. The minimum Gasteiger partial charge on any atom is -0.506 e. The van der Waals surface area contributed by atoms with Gasteiger partial charge in [0, 0.05) is 18.7 Å². The minimum atomic E-state index is -0.441. The summed E-state index contributed by atoms with van der Waals surface area (Å²) < 4.78 is 5.61. The lowest BCUT2D eigenvalue weighted by molar-refractivity contribution is -0.145. The van der Waals surface area contributed by atoms with Crippen molar-refractivity contribution in [2.45, 2.75) is 6.42 Å². The largest absolute Gasteiger partial charge is 0.506 e. The Morgan fingerprint density at radius 1 is 1.42 bits per heavy atom. The van der Waals surface area contributed by atoms with E-state index in [9.17, 15) is 14.7 Å². The molecule has 0 bridgehead atoms. The van der Waals surface area contributed by atoms with Gasteiger partial charge in [-0.1, -0.05) is 0 Å². The summed E-state index contributed by atoms with van der Waals surface area (Å²) in [5, 5.41) is 9.65. The number of hydrogen-bond acceptors (Lipinski definition) is 4. The van der Waals surface area contributed by atoms with Crippen LogP contribution in [0.15, 0.2) is 21.1 Å². The number of methoxy groups -OCH3 is 1. The van der Waals surface area contributed by atoms with Crippen LogP contribution in [0.25, 0.3) is 0 Å². The van der Waals surface area contributed by atoms with Crippen molar-refractivity contribution < 1.29 is 19.4 Å². The number of carbonyl (C=O) groups excluding carboxylic acids is 2. The zero-order valence-corrected chi connectivity index (χ0v) is 13.2. The van der Waals surface area contributed by atoms with Gasteiger partial charge in [-0.15, -0.1) is 0 Å². The molecule has 1 fully saturated rings. The Morgan fingerprint density at radius 2 is 2.00 bits per heavy atom. The quantitative estimate of drug-likeness (QED) is 0.785. The number of nitrogens with zero attached hydrogens (tertiary/aromatic N) is 1. The fourth-order valence-electron chi connectivity index (χ4n) is 1.99. The maximum absolute atomic E-state index is 11.9. The average molecular weight is 393 g/mol. The number of rotatable bonds is 2. The number of aromatic hydroxyl groups is 1. The van der Waals surface area contributed by atoms with Gasteiger partial charge in [-0.2, -0.15) is 0 Å². The molecular formula is C12H11Br2NO4. The minimum absolute atomic E-state index is 0.0694. The Labute approximate surface area is 126 Å². The summed E-state index contributed by atoms with van der Waals surface area (Å²) in [6, 6.07) is 3.27. The third-order valence-electron chi connectivity index (χ3n) is 2.97. The molecule has 1 heterocycles. The highest BCUT2D eigenvalue weighted by atomic mass is 79.9. The van der Waals surface area contributed by atoms with Crippen molar-refractivity contribution in [3.8, 4) is 5.75 Å². The van der Waals surface area contributed by atoms with Crippen LogP contribution >= 0.6 is 31.9 Å². The van der Waals surface area contributed by atoms with E-state index in [1.165, 1.54) is 12.0 Å². The van der Waals surface area contributed by atoms with Crippen LogP contribution < -0.4 is 4.90 Å². The molecule has 1 saturated heterocycles. The van der Waals surface area contributed by atoms with Crippen LogP contribution in [0.1, 0.15) is 6.42 Å². The summed E-state index contributed by atoms with van der Waals surface area (Å²) in [6.07, 6.45) is 0.142. The molecule has 0 spiro atoms. The van der Waals surface area contributed by atoms with Gasteiger partial charge in [0.15, 0.2) is 0 Å². The van der Waals surface area contributed by atoms with E-state index in [-0.39, 0.29) is 30.6 Å². The first-order chi connectivity index (χ1) is 8.93. The molecule has 7 heteroatoms. The Morgan fingerprint density at radius 3 is 2.53 bits per heavy atom. The van der Waals surface area contributed by atoms with Gasteiger partial charge >= 0.3 is 5.97 Å². The van der Waals surface area contributed by atoms with Gasteiger partial charge in [0.25, 0.3) is 0 Å². The van der Waals surface area contributed by atoms with Crippen molar-refractivity contribution in [1.82, 2.24) is 0 Å². The summed E-state index contributed by atoms with van der Waals surface area (Å²) in [6.45, 7) is 0.287. The maximum atomic E-state index is 11.9. The molecule has 2 rings (SSSR count). The van der Waals surface area contributed by atoms with Gasteiger partial charge in [0.2, 0.25) is 5.91 Å². The van der Waals surface area contributed by atoms with E-state index in [2.05, 4.69) is 36.6 Å². The number of ether oxygens (including phenoxy) is 1. The predicted octanol–water partition coefficient (Wildman–Crippen LogP) is 2.44. The van der Waals surface area contributed by atoms with E-state index in [0.29, 0.717) is 14.6 Å². The molecule has 19 heavy (non-hydrogen) atoms. The van der Waals surface area contributed by atoms with E-state index in [1.807, 2.05) is 0 Å². The third kappa shape index (κ3) is 2.76. The van der Waals surface area contributed by atoms with Crippen molar-refractivity contribution >= 4 is 49.4 Å². The molecule has 0 aliphatic carbocycles. The molecule has 0 aromatic heterocycles. The smallest absolute Gasteiger partial charge is 0.311 e. The number of amides is 1. The van der Waals surface area contributed by atoms with Crippen LogP contribution in [0.5, 0.6) is 5.75 Å². The van der Waals surface area contributed by atoms with E-state index in [0.717, 1.165) is 0 Å². The average Bonchev–Trinajstić information content (AvgIpc) is 2.76. The van der Waals surface area contributed by atoms with Gasteiger partial charge in [0.05, 0.1) is 22.0 Å². The highest BCUT2D eigenvalue weighted by molar-refractivity contribution is 9.11. The first-order valence-electron chi connectivity index (χ1n) is 5.50. The van der Waals surface area contributed by atoms with Gasteiger partial charge in [-0.3, -0.25) is 9.59 Å². The normalized spacial score (nSPS) is 18.8. The van der Waals surface area contributed by atoms with Crippen molar-refractivity contribution in [2.75, 3.05) is 18.6 Å². The van der Waals surface area contributed by atoms with Crippen LogP contribution in [0.2, 0.25) is 0 Å². The van der Waals surface area contributed by atoms with E-state index in [4.69, 9.17) is 0 Å². The van der Waals surface area contributed by atoms with Crippen LogP contribution in [-0.2, 0) is 14.3 Å². The number of benzene rings is 1. The van der Waals surface area contributed by atoms with Crippen molar-refractivity contribution in [2.24, 2.45) is 5.92 Å². The van der Waals surface area contributed by atoms with Crippen molar-refractivity contribution in [3.05, 3.63) is 21.1 Å². The van der Waals surface area contributed by atoms with E-state index in [1.54, 1.807) is 12.1 Å². The highest BCUT2D eigenvalue weighted by Crippen LogP contribution is 2.38. The Balaban J connectivity index is 2.28. The fraction of sp³-hybridized carbons (Fsp3) is 0.333. The second-order valence-corrected chi connectivity index (χ2v) is 5.90. The first-order valence-corrected chi connectivity index (χ1v) is 7.09. The van der Waals surface area contributed by atoms with Crippen LogP contribution in [0.3, 0.4) is 0 Å². The number of phenolic OH excluding ortho intramolecular Hbond substituents is 1. The van der Waals surface area contributed by atoms with Crippen molar-refractivity contribution in [1.29, 1.82) is 0 Å². The lowest BCUT2D eigenvalue weighted by Crippen LogP contribution is -2.26. The Kier molecular flexibility index (Phi) is 4.15. The topological polar surface area (TPSA) is 66.8 Å². The number of phenols is 1. The molecule has 0 radical (unpaired) electrons. The summed E-state index contributed by atoms with van der Waals surface area (Å²) in [5.74, 6) is -0.892. The molecule has 1 aromatic rings. The number of carbonyl (C=O) groups is 2. The molecule has 1 aliphatic heterocycles. The standard InChI is InChI=1S/C12H11Br2NO4/c1-19-12(18)6-2-10(16)15(5-6)7-3-8(13)11(17)9(14)4-7/h3-4,6,17H,2,5H2,1H3/t6-/m1/s1. The number of esters is 1. The zero-order chi connectivity index (χ0) is 14.2. The Bertz CT molecular complexity index is 524. The predicted molar refractivity (Wildman–Crippen MR) is 76.0 cm³/mol. The SMILES string of the molecule is COC(=O)[C@@H]1CC(=O)N(c2cc(Br)c(O)c(Br)c2)C1. The molecule has 102 valence electrons. The van der Waals surface area contributed by atoms with Gasteiger partial charge in [-0.05, 0) is 44.0 Å². The lowest BCUT2D eigenvalue weighted by atomic mass is 10.1. The Hall–Kier alpha value is -1.08. The fourth-order valence-corrected chi connectivity index (χ4v) is 3.15. The summed E-state index contributed by atoms with van der Waals surface area (Å²) >= 11 is 6.42. The monoisotopic (exact) mass is 391 g/mol. The second-order valence-electron chi connectivity index (χ2n) is 4.19.